The fraction of sp³-hybridized carbons (Fsp3) is 0.211. The van der Waals surface area contributed by atoms with Gasteiger partial charge in [0.05, 0.1) is 11.6 Å². The van der Waals surface area contributed by atoms with E-state index >= 15 is 0 Å². The molecule has 2 rings (SSSR count). The molecule has 1 amide bonds. The van der Waals surface area contributed by atoms with Crippen LogP contribution in [0.2, 0.25) is 5.02 Å². The molecule has 26 heavy (non-hydrogen) atoms. The largest absolute Gasteiger partial charge is 0.482 e. The van der Waals surface area contributed by atoms with Crippen LogP contribution < -0.4 is 10.1 Å². The first-order valence-electron chi connectivity index (χ1n) is 7.78. The van der Waals surface area contributed by atoms with Gasteiger partial charge in [-0.05, 0) is 55.8 Å². The standard InChI is InChI=1S/C19H17ClN2O4/c1-12-3-6-15(20)9-17(12)22-19(24)13(2)26-18(23)11-25-16-7-4-14(10-21)5-8-16/h3-9,13H,11H2,1-2H3,(H,22,24). The Labute approximate surface area is 156 Å². The maximum Gasteiger partial charge on any atom is 0.344 e. The highest BCUT2D eigenvalue weighted by Gasteiger charge is 2.19. The molecule has 0 saturated heterocycles. The molecule has 0 aliphatic rings. The zero-order chi connectivity index (χ0) is 19.1. The highest BCUT2D eigenvalue weighted by Crippen LogP contribution is 2.20. The van der Waals surface area contributed by atoms with Gasteiger partial charge in [-0.25, -0.2) is 4.79 Å². The second-order valence-electron chi connectivity index (χ2n) is 5.51. The highest BCUT2D eigenvalue weighted by molar-refractivity contribution is 6.31. The molecule has 0 fully saturated rings. The first kappa shape index (κ1) is 19.3. The maximum absolute atomic E-state index is 12.2. The number of carbonyl (C=O) groups excluding carboxylic acids is 2. The zero-order valence-corrected chi connectivity index (χ0v) is 15.0. The lowest BCUT2D eigenvalue weighted by Gasteiger charge is -2.15. The first-order chi connectivity index (χ1) is 12.4. The van der Waals surface area contributed by atoms with Crippen molar-refractivity contribution in [2.45, 2.75) is 20.0 Å². The van der Waals surface area contributed by atoms with Crippen molar-refractivity contribution in [3.63, 3.8) is 0 Å². The van der Waals surface area contributed by atoms with Gasteiger partial charge in [-0.15, -0.1) is 0 Å². The van der Waals surface area contributed by atoms with E-state index in [2.05, 4.69) is 5.32 Å². The lowest BCUT2D eigenvalue weighted by atomic mass is 10.2. The zero-order valence-electron chi connectivity index (χ0n) is 14.3. The summed E-state index contributed by atoms with van der Waals surface area (Å²) >= 11 is 5.91. The van der Waals surface area contributed by atoms with Gasteiger partial charge in [0.1, 0.15) is 5.75 Å². The number of hydrogen-bond acceptors (Lipinski definition) is 5. The van der Waals surface area contributed by atoms with Gasteiger partial charge >= 0.3 is 5.97 Å². The molecule has 2 aromatic rings. The molecule has 2 aromatic carbocycles. The number of nitrogens with one attached hydrogen (secondary N) is 1. The third-order valence-electron chi connectivity index (χ3n) is 3.48. The van der Waals surface area contributed by atoms with E-state index < -0.39 is 18.0 Å². The summed E-state index contributed by atoms with van der Waals surface area (Å²) < 4.78 is 10.3. The van der Waals surface area contributed by atoms with Crippen molar-refractivity contribution >= 4 is 29.2 Å². The molecular formula is C19H17ClN2O4. The molecule has 0 saturated carbocycles. The Morgan fingerprint density at radius 3 is 2.58 bits per heavy atom. The van der Waals surface area contributed by atoms with Gasteiger partial charge in [0.15, 0.2) is 12.7 Å². The number of nitrogens with zero attached hydrogens (tertiary/aromatic N) is 1. The molecule has 0 heterocycles. The lowest BCUT2D eigenvalue weighted by molar-refractivity contribution is -0.155. The molecule has 1 atom stereocenters. The summed E-state index contributed by atoms with van der Waals surface area (Å²) in [6.45, 7) is 2.95. The predicted molar refractivity (Wildman–Crippen MR) is 97.0 cm³/mol. The Kier molecular flexibility index (Phi) is 6.59. The molecule has 1 N–H and O–H groups in total. The summed E-state index contributed by atoms with van der Waals surface area (Å²) in [5.41, 5.74) is 1.88. The number of nitriles is 1. The van der Waals surface area contributed by atoms with Crippen molar-refractivity contribution in [1.82, 2.24) is 0 Å². The molecular weight excluding hydrogens is 356 g/mol. The van der Waals surface area contributed by atoms with E-state index in [-0.39, 0.29) is 6.61 Å². The smallest absolute Gasteiger partial charge is 0.344 e. The van der Waals surface area contributed by atoms with Crippen LogP contribution in [0.4, 0.5) is 5.69 Å². The Morgan fingerprint density at radius 2 is 1.92 bits per heavy atom. The van der Waals surface area contributed by atoms with Crippen molar-refractivity contribution in [2.75, 3.05) is 11.9 Å². The number of halogens is 1. The van der Waals surface area contributed by atoms with Gasteiger partial charge in [-0.3, -0.25) is 4.79 Å². The number of ether oxygens (including phenoxy) is 2. The summed E-state index contributed by atoms with van der Waals surface area (Å²) in [5, 5.41) is 11.9. The van der Waals surface area contributed by atoms with E-state index in [1.54, 1.807) is 42.5 Å². The third kappa shape index (κ3) is 5.50. The van der Waals surface area contributed by atoms with Crippen LogP contribution >= 0.6 is 11.6 Å². The monoisotopic (exact) mass is 372 g/mol. The van der Waals surface area contributed by atoms with Crippen molar-refractivity contribution in [1.29, 1.82) is 5.26 Å². The van der Waals surface area contributed by atoms with E-state index in [1.807, 2.05) is 13.0 Å². The van der Waals surface area contributed by atoms with Gasteiger partial charge in [0.2, 0.25) is 0 Å². The van der Waals surface area contributed by atoms with Crippen LogP contribution in [0.25, 0.3) is 0 Å². The van der Waals surface area contributed by atoms with Crippen molar-refractivity contribution in [3.05, 3.63) is 58.6 Å². The Morgan fingerprint density at radius 1 is 1.23 bits per heavy atom. The average Bonchev–Trinajstić information content (AvgIpc) is 2.63. The molecule has 6 nitrogen and oxygen atoms in total. The number of hydrogen-bond donors (Lipinski definition) is 1. The quantitative estimate of drug-likeness (QED) is 0.784. The number of carbonyl (C=O) groups is 2. The SMILES string of the molecule is Cc1ccc(Cl)cc1NC(=O)C(C)OC(=O)COc1ccc(C#N)cc1. The van der Waals surface area contributed by atoms with E-state index in [0.29, 0.717) is 22.0 Å². The van der Waals surface area contributed by atoms with Gasteiger partial charge in [0.25, 0.3) is 5.91 Å². The predicted octanol–water partition coefficient (Wildman–Crippen LogP) is 3.47. The first-order valence-corrected chi connectivity index (χ1v) is 8.16. The van der Waals surface area contributed by atoms with Crippen LogP contribution in [-0.2, 0) is 14.3 Å². The Hall–Kier alpha value is -3.04. The van der Waals surface area contributed by atoms with Crippen LogP contribution in [0.3, 0.4) is 0 Å². The molecule has 0 spiro atoms. The Bertz CT molecular complexity index is 844. The lowest BCUT2D eigenvalue weighted by Crippen LogP contribution is -2.31. The van der Waals surface area contributed by atoms with E-state index in [4.69, 9.17) is 26.3 Å². The summed E-state index contributed by atoms with van der Waals surface area (Å²) in [5.74, 6) is -0.727. The van der Waals surface area contributed by atoms with E-state index in [1.165, 1.54) is 6.92 Å². The van der Waals surface area contributed by atoms with Crippen molar-refractivity contribution in [3.8, 4) is 11.8 Å². The number of benzene rings is 2. The second-order valence-corrected chi connectivity index (χ2v) is 5.94. The van der Waals surface area contributed by atoms with Crippen molar-refractivity contribution < 1.29 is 19.1 Å². The topological polar surface area (TPSA) is 88.4 Å². The minimum Gasteiger partial charge on any atom is -0.482 e. The minimum atomic E-state index is -0.995. The normalized spacial score (nSPS) is 11.2. The van der Waals surface area contributed by atoms with Gasteiger partial charge in [-0.2, -0.15) is 5.26 Å². The van der Waals surface area contributed by atoms with Crippen molar-refractivity contribution in [2.24, 2.45) is 0 Å². The molecule has 1 unspecified atom stereocenters. The average molecular weight is 373 g/mol. The number of rotatable bonds is 6. The summed E-state index contributed by atoms with van der Waals surface area (Å²) in [6.07, 6.45) is -0.995. The molecule has 0 aliphatic heterocycles. The molecule has 7 heteroatoms. The number of aryl methyl sites for hydroxylation is 1. The van der Waals surface area contributed by atoms with Crippen LogP contribution in [0.1, 0.15) is 18.1 Å². The number of anilines is 1. The number of amides is 1. The summed E-state index contributed by atoms with van der Waals surface area (Å²) in [6, 6.07) is 13.4. The van der Waals surface area contributed by atoms with Gasteiger partial charge in [0, 0.05) is 10.7 Å². The van der Waals surface area contributed by atoms with Crippen LogP contribution in [0, 0.1) is 18.3 Å². The summed E-state index contributed by atoms with van der Waals surface area (Å²) in [7, 11) is 0. The molecule has 0 aliphatic carbocycles. The van der Waals surface area contributed by atoms with Gasteiger partial charge in [-0.1, -0.05) is 17.7 Å². The minimum absolute atomic E-state index is 0.348. The molecule has 134 valence electrons. The van der Waals surface area contributed by atoms with E-state index in [9.17, 15) is 9.59 Å². The highest BCUT2D eigenvalue weighted by atomic mass is 35.5. The fourth-order valence-corrected chi connectivity index (χ4v) is 2.19. The van der Waals surface area contributed by atoms with Gasteiger partial charge < -0.3 is 14.8 Å². The van der Waals surface area contributed by atoms with Crippen LogP contribution in [0.15, 0.2) is 42.5 Å². The second kappa shape index (κ2) is 8.88. The molecule has 0 bridgehead atoms. The Balaban J connectivity index is 1.84. The molecule has 0 radical (unpaired) electrons. The fourth-order valence-electron chi connectivity index (χ4n) is 2.02. The van der Waals surface area contributed by atoms with E-state index in [0.717, 1.165) is 5.56 Å². The molecule has 0 aromatic heterocycles. The number of esters is 1. The summed E-state index contributed by atoms with van der Waals surface area (Å²) in [4.78, 5) is 24.0. The maximum atomic E-state index is 12.2. The third-order valence-corrected chi connectivity index (χ3v) is 3.71. The van der Waals surface area contributed by atoms with Crippen LogP contribution in [0.5, 0.6) is 5.75 Å². The van der Waals surface area contributed by atoms with Crippen LogP contribution in [-0.4, -0.2) is 24.6 Å².